The van der Waals surface area contributed by atoms with Crippen molar-refractivity contribution in [3.05, 3.63) is 35.4 Å². The van der Waals surface area contributed by atoms with Crippen LogP contribution in [0.25, 0.3) is 0 Å². The van der Waals surface area contributed by atoms with E-state index in [2.05, 4.69) is 7.05 Å². The van der Waals surface area contributed by atoms with Crippen molar-refractivity contribution in [2.45, 2.75) is 45.1 Å². The lowest BCUT2D eigenvalue weighted by Gasteiger charge is -2.51. The number of carbonyl (C=O) groups excluding carboxylic acids is 1. The molecule has 0 N–H and O–H groups in total. The van der Waals surface area contributed by atoms with Crippen molar-refractivity contribution in [1.29, 1.82) is 0 Å². The van der Waals surface area contributed by atoms with Crippen LogP contribution in [0.15, 0.2) is 24.3 Å². The van der Waals surface area contributed by atoms with Gasteiger partial charge in [-0.15, -0.1) is 0 Å². The number of nitrogens with zero attached hydrogens (tertiary/aromatic N) is 1. The van der Waals surface area contributed by atoms with Crippen LogP contribution in [0.5, 0.6) is 0 Å². The first-order chi connectivity index (χ1) is 10.6. The molecule has 22 heavy (non-hydrogen) atoms. The molecule has 2 heterocycles. The third-order valence-corrected chi connectivity index (χ3v) is 5.80. The summed E-state index contributed by atoms with van der Waals surface area (Å²) in [5.41, 5.74) is 1.70. The molecule has 120 valence electrons. The third kappa shape index (κ3) is 3.05. The molecule has 0 spiro atoms. The lowest BCUT2D eigenvalue weighted by atomic mass is 9.82. The summed E-state index contributed by atoms with van der Waals surface area (Å²) in [5, 5.41) is 0. The van der Waals surface area contributed by atoms with Crippen LogP contribution in [-0.4, -0.2) is 43.2 Å². The average Bonchev–Trinajstić information content (AvgIpc) is 2.52. The van der Waals surface area contributed by atoms with Crippen molar-refractivity contribution in [2.24, 2.45) is 5.92 Å². The Hall–Kier alpha value is -1.35. The van der Waals surface area contributed by atoms with Gasteiger partial charge < -0.3 is 9.22 Å². The zero-order valence-electron chi connectivity index (χ0n) is 13.9. The summed E-state index contributed by atoms with van der Waals surface area (Å²) in [6, 6.07) is 8.37. The molecule has 0 unspecified atom stereocenters. The Morgan fingerprint density at radius 2 is 1.95 bits per heavy atom. The predicted molar refractivity (Wildman–Crippen MR) is 87.7 cm³/mol. The number of hydrogen-bond acceptors (Lipinski definition) is 2. The van der Waals surface area contributed by atoms with Crippen molar-refractivity contribution >= 4 is 5.97 Å². The minimum Gasteiger partial charge on any atom is -0.462 e. The Kier molecular flexibility index (Phi) is 4.53. The molecule has 0 aromatic heterocycles. The zero-order chi connectivity index (χ0) is 15.6. The highest BCUT2D eigenvalue weighted by atomic mass is 16.5. The van der Waals surface area contributed by atoms with E-state index in [4.69, 9.17) is 4.74 Å². The molecule has 3 nitrogen and oxygen atoms in total. The number of benzene rings is 1. The number of esters is 1. The second-order valence-electron chi connectivity index (χ2n) is 7.31. The van der Waals surface area contributed by atoms with Crippen LogP contribution < -0.4 is 0 Å². The van der Waals surface area contributed by atoms with Crippen LogP contribution in [0.1, 0.15) is 48.0 Å². The number of hydrogen-bond donors (Lipinski definition) is 0. The fourth-order valence-corrected chi connectivity index (χ4v) is 4.49. The van der Waals surface area contributed by atoms with E-state index in [9.17, 15) is 4.79 Å². The van der Waals surface area contributed by atoms with Crippen LogP contribution in [0.3, 0.4) is 0 Å². The molecule has 3 rings (SSSR count). The molecule has 2 fully saturated rings. The van der Waals surface area contributed by atoms with Crippen molar-refractivity contribution in [2.75, 3.05) is 26.7 Å². The lowest BCUT2D eigenvalue weighted by Crippen LogP contribution is -2.61. The largest absolute Gasteiger partial charge is 0.462 e. The topological polar surface area (TPSA) is 26.3 Å². The quantitative estimate of drug-likeness (QED) is 0.630. The van der Waals surface area contributed by atoms with Gasteiger partial charge in [0, 0.05) is 12.3 Å². The van der Waals surface area contributed by atoms with Gasteiger partial charge in [0.05, 0.1) is 31.7 Å². The number of piperidine rings is 2. The first-order valence-corrected chi connectivity index (χ1v) is 8.67. The van der Waals surface area contributed by atoms with E-state index in [1.54, 1.807) is 0 Å². The summed E-state index contributed by atoms with van der Waals surface area (Å²) < 4.78 is 6.89. The maximum absolute atomic E-state index is 12.3. The second-order valence-corrected chi connectivity index (χ2v) is 7.31. The Bertz CT molecular complexity index is 538. The molecule has 0 radical (unpaired) electrons. The highest BCUT2D eigenvalue weighted by Crippen LogP contribution is 2.36. The van der Waals surface area contributed by atoms with E-state index in [0.717, 1.165) is 5.56 Å². The minimum atomic E-state index is -0.159. The van der Waals surface area contributed by atoms with Crippen molar-refractivity contribution in [3.63, 3.8) is 0 Å². The number of ether oxygens (including phenoxy) is 1. The van der Waals surface area contributed by atoms with Gasteiger partial charge >= 0.3 is 5.97 Å². The van der Waals surface area contributed by atoms with E-state index in [0.29, 0.717) is 24.1 Å². The van der Waals surface area contributed by atoms with E-state index < -0.39 is 0 Å². The molecule has 0 amide bonds. The third-order valence-electron chi connectivity index (χ3n) is 5.80. The van der Waals surface area contributed by atoms with Gasteiger partial charge in [0.1, 0.15) is 6.61 Å². The van der Waals surface area contributed by atoms with Crippen LogP contribution in [0.2, 0.25) is 0 Å². The van der Waals surface area contributed by atoms with Crippen LogP contribution in [0.4, 0.5) is 0 Å². The van der Waals surface area contributed by atoms with Gasteiger partial charge in [-0.25, -0.2) is 4.79 Å². The molecule has 1 aromatic carbocycles. The van der Waals surface area contributed by atoms with Crippen LogP contribution in [0, 0.1) is 12.8 Å². The Morgan fingerprint density at radius 1 is 1.18 bits per heavy atom. The number of rotatable bonds is 3. The van der Waals surface area contributed by atoms with Crippen molar-refractivity contribution < 1.29 is 14.0 Å². The molecule has 1 aromatic rings. The Balaban J connectivity index is 1.63. The molecule has 2 aliphatic heterocycles. The first-order valence-electron chi connectivity index (χ1n) is 8.67. The Labute approximate surface area is 133 Å². The second kappa shape index (κ2) is 6.41. The highest BCUT2D eigenvalue weighted by Gasteiger charge is 2.43. The SMILES string of the molecule is Cc1ccccc1C(=O)OC[C@@H]1CCC[N@+]2(C)CCCC[C@H]12. The van der Waals surface area contributed by atoms with Crippen LogP contribution >= 0.6 is 0 Å². The smallest absolute Gasteiger partial charge is 0.338 e. The van der Waals surface area contributed by atoms with Gasteiger partial charge in [0.25, 0.3) is 0 Å². The first kappa shape index (κ1) is 15.5. The average molecular weight is 302 g/mol. The minimum absolute atomic E-state index is 0.159. The fraction of sp³-hybridized carbons (Fsp3) is 0.632. The molecule has 2 saturated heterocycles. The van der Waals surface area contributed by atoms with E-state index in [1.807, 2.05) is 31.2 Å². The summed E-state index contributed by atoms with van der Waals surface area (Å²) >= 11 is 0. The number of aryl methyl sites for hydroxylation is 1. The summed E-state index contributed by atoms with van der Waals surface area (Å²) in [7, 11) is 2.40. The maximum atomic E-state index is 12.3. The Morgan fingerprint density at radius 3 is 2.77 bits per heavy atom. The van der Waals surface area contributed by atoms with Crippen molar-refractivity contribution in [1.82, 2.24) is 0 Å². The normalized spacial score (nSPS) is 31.4. The van der Waals surface area contributed by atoms with Crippen LogP contribution in [-0.2, 0) is 4.74 Å². The number of fused-ring (bicyclic) bond motifs is 1. The van der Waals surface area contributed by atoms with E-state index in [1.165, 1.54) is 49.7 Å². The van der Waals surface area contributed by atoms with E-state index >= 15 is 0 Å². The standard InChI is InChI=1S/C19H28NO2/c1-15-8-3-4-10-17(15)19(21)22-14-16-9-7-13-20(2)12-6-5-11-18(16)20/h3-4,8,10,16,18H,5-7,9,11-14H2,1-2H3/q+1/t16-,18+,20-/m0/s1. The molecule has 0 bridgehead atoms. The molecular weight excluding hydrogens is 274 g/mol. The van der Waals surface area contributed by atoms with Crippen molar-refractivity contribution in [3.8, 4) is 0 Å². The summed E-state index contributed by atoms with van der Waals surface area (Å²) in [6.07, 6.45) is 6.45. The molecular formula is C19H28NO2+. The monoisotopic (exact) mass is 302 g/mol. The molecule has 3 heteroatoms. The predicted octanol–water partition coefficient (Wildman–Crippen LogP) is 3.56. The van der Waals surface area contributed by atoms with Gasteiger partial charge in [0.15, 0.2) is 0 Å². The lowest BCUT2D eigenvalue weighted by molar-refractivity contribution is -0.947. The van der Waals surface area contributed by atoms with Gasteiger partial charge in [-0.2, -0.15) is 0 Å². The molecule has 0 saturated carbocycles. The highest BCUT2D eigenvalue weighted by molar-refractivity contribution is 5.90. The zero-order valence-corrected chi connectivity index (χ0v) is 13.9. The summed E-state index contributed by atoms with van der Waals surface area (Å²) in [6.45, 7) is 5.15. The van der Waals surface area contributed by atoms with Gasteiger partial charge in [-0.3, -0.25) is 0 Å². The fourth-order valence-electron chi connectivity index (χ4n) is 4.49. The maximum Gasteiger partial charge on any atom is 0.338 e. The number of quaternary nitrogens is 1. The summed E-state index contributed by atoms with van der Waals surface area (Å²) in [5.74, 6) is 0.376. The molecule has 3 atom stereocenters. The molecule has 2 aliphatic rings. The van der Waals surface area contributed by atoms with Gasteiger partial charge in [-0.05, 0) is 44.2 Å². The van der Waals surface area contributed by atoms with Gasteiger partial charge in [-0.1, -0.05) is 18.2 Å². The molecule has 0 aliphatic carbocycles. The number of carbonyl (C=O) groups is 1. The van der Waals surface area contributed by atoms with E-state index in [-0.39, 0.29) is 5.97 Å². The summed E-state index contributed by atoms with van der Waals surface area (Å²) in [4.78, 5) is 12.3. The van der Waals surface area contributed by atoms with Gasteiger partial charge in [0.2, 0.25) is 0 Å².